The molecule has 0 aliphatic carbocycles. The molecule has 0 bridgehead atoms. The second-order valence-electron chi connectivity index (χ2n) is 4.06. The summed E-state index contributed by atoms with van der Waals surface area (Å²) in [5.41, 5.74) is 0.583. The van der Waals surface area contributed by atoms with Crippen LogP contribution in [0.2, 0.25) is 0 Å². The van der Waals surface area contributed by atoms with Crippen molar-refractivity contribution in [2.24, 2.45) is 0 Å². The number of nitrogens with zero attached hydrogens (tertiary/aromatic N) is 1. The van der Waals surface area contributed by atoms with Gasteiger partial charge < -0.3 is 10.0 Å². The highest BCUT2D eigenvalue weighted by atomic mass is 19.1. The molecule has 0 spiro atoms. The summed E-state index contributed by atoms with van der Waals surface area (Å²) in [5, 5.41) is 8.89. The highest BCUT2D eigenvalue weighted by Crippen LogP contribution is 2.14. The van der Waals surface area contributed by atoms with E-state index >= 15 is 0 Å². The van der Waals surface area contributed by atoms with Crippen LogP contribution in [0, 0.1) is 5.82 Å². The molecular formula is C13H12FNO3. The molecule has 18 heavy (non-hydrogen) atoms. The molecule has 94 valence electrons. The molecule has 4 nitrogen and oxygen atoms in total. The first kappa shape index (κ1) is 12.3. The molecule has 0 saturated heterocycles. The monoisotopic (exact) mass is 249 g/mol. The molecule has 0 fully saturated rings. The molecule has 0 atom stereocenters. The van der Waals surface area contributed by atoms with Gasteiger partial charge in [-0.15, -0.1) is 0 Å². The predicted molar refractivity (Wildman–Crippen MR) is 62.6 cm³/mol. The standard InChI is InChI=1S/C13H12FNO3/c14-11-5-3-9(4-6-11)12(16)15-7-1-2-10(8-15)13(17)18/h2-6H,1,7-8H2,(H,17,18). The number of carbonyl (C=O) groups excluding carboxylic acids is 1. The van der Waals surface area contributed by atoms with Crippen LogP contribution in [-0.4, -0.2) is 35.0 Å². The maximum atomic E-state index is 12.7. The number of hydrogen-bond acceptors (Lipinski definition) is 2. The lowest BCUT2D eigenvalue weighted by Crippen LogP contribution is -2.37. The Morgan fingerprint density at radius 2 is 1.89 bits per heavy atom. The van der Waals surface area contributed by atoms with Gasteiger partial charge in [0.2, 0.25) is 0 Å². The first-order valence-electron chi connectivity index (χ1n) is 5.55. The van der Waals surface area contributed by atoms with Gasteiger partial charge in [0, 0.05) is 12.1 Å². The lowest BCUT2D eigenvalue weighted by Gasteiger charge is -2.26. The van der Waals surface area contributed by atoms with Crippen LogP contribution < -0.4 is 0 Å². The minimum Gasteiger partial charge on any atom is -0.478 e. The van der Waals surface area contributed by atoms with Crippen LogP contribution in [0.3, 0.4) is 0 Å². The zero-order chi connectivity index (χ0) is 13.1. The fraction of sp³-hybridized carbons (Fsp3) is 0.231. The minimum absolute atomic E-state index is 0.0888. The summed E-state index contributed by atoms with van der Waals surface area (Å²) < 4.78 is 12.7. The van der Waals surface area contributed by atoms with E-state index in [1.54, 1.807) is 6.08 Å². The molecule has 1 heterocycles. The van der Waals surface area contributed by atoms with Crippen LogP contribution in [0.1, 0.15) is 16.8 Å². The zero-order valence-electron chi connectivity index (χ0n) is 9.60. The Labute approximate surface area is 103 Å². The van der Waals surface area contributed by atoms with Crippen molar-refractivity contribution >= 4 is 11.9 Å². The summed E-state index contributed by atoms with van der Waals surface area (Å²) in [5.74, 6) is -1.69. The van der Waals surface area contributed by atoms with Crippen molar-refractivity contribution in [1.82, 2.24) is 4.90 Å². The van der Waals surface area contributed by atoms with Crippen LogP contribution in [0.4, 0.5) is 4.39 Å². The zero-order valence-corrected chi connectivity index (χ0v) is 9.60. The van der Waals surface area contributed by atoms with Crippen molar-refractivity contribution < 1.29 is 19.1 Å². The molecule has 1 N–H and O–H groups in total. The first-order chi connectivity index (χ1) is 8.58. The predicted octanol–water partition coefficient (Wildman–Crippen LogP) is 1.68. The smallest absolute Gasteiger partial charge is 0.333 e. The number of aliphatic carboxylic acids is 1. The number of carboxylic acid groups (broad SMARTS) is 1. The van der Waals surface area contributed by atoms with Gasteiger partial charge >= 0.3 is 5.97 Å². The lowest BCUT2D eigenvalue weighted by atomic mass is 10.1. The van der Waals surface area contributed by atoms with Crippen molar-refractivity contribution in [3.8, 4) is 0 Å². The average molecular weight is 249 g/mol. The van der Waals surface area contributed by atoms with Crippen LogP contribution >= 0.6 is 0 Å². The Bertz CT molecular complexity index is 507. The molecule has 1 amide bonds. The van der Waals surface area contributed by atoms with Crippen LogP contribution in [0.25, 0.3) is 0 Å². The first-order valence-corrected chi connectivity index (χ1v) is 5.55. The van der Waals surface area contributed by atoms with E-state index in [0.29, 0.717) is 18.5 Å². The molecule has 1 aromatic carbocycles. The summed E-state index contributed by atoms with van der Waals surface area (Å²) in [6.45, 7) is 0.568. The Hall–Kier alpha value is -2.17. The summed E-state index contributed by atoms with van der Waals surface area (Å²) in [6.07, 6.45) is 2.14. The minimum atomic E-state index is -1.01. The molecular weight excluding hydrogens is 237 g/mol. The normalized spacial score (nSPS) is 15.2. The van der Waals surface area contributed by atoms with E-state index in [0.717, 1.165) is 0 Å². The van der Waals surface area contributed by atoms with Gasteiger partial charge in [-0.2, -0.15) is 0 Å². The average Bonchev–Trinajstić information content (AvgIpc) is 2.39. The van der Waals surface area contributed by atoms with Gasteiger partial charge in [0.05, 0.1) is 12.1 Å². The van der Waals surface area contributed by atoms with Crippen LogP contribution in [-0.2, 0) is 4.79 Å². The van der Waals surface area contributed by atoms with Gasteiger partial charge in [0.1, 0.15) is 5.82 Å². The SMILES string of the molecule is O=C(O)C1=CCCN(C(=O)c2ccc(F)cc2)C1. The highest BCUT2D eigenvalue weighted by molar-refractivity contribution is 5.96. The Morgan fingerprint density at radius 3 is 2.50 bits per heavy atom. The van der Waals surface area contributed by atoms with Gasteiger partial charge in [0.25, 0.3) is 5.91 Å². The Morgan fingerprint density at radius 1 is 1.22 bits per heavy atom. The van der Waals surface area contributed by atoms with Crippen LogP contribution in [0.15, 0.2) is 35.9 Å². The third-order valence-corrected chi connectivity index (χ3v) is 2.80. The fourth-order valence-electron chi connectivity index (χ4n) is 1.85. The quantitative estimate of drug-likeness (QED) is 0.867. The topological polar surface area (TPSA) is 57.6 Å². The molecule has 1 aromatic rings. The summed E-state index contributed by atoms with van der Waals surface area (Å²) in [4.78, 5) is 24.4. The summed E-state index contributed by atoms with van der Waals surface area (Å²) >= 11 is 0. The highest BCUT2D eigenvalue weighted by Gasteiger charge is 2.22. The number of rotatable bonds is 2. The Kier molecular flexibility index (Phi) is 3.41. The van der Waals surface area contributed by atoms with E-state index in [1.807, 2.05) is 0 Å². The van der Waals surface area contributed by atoms with Crippen molar-refractivity contribution in [3.05, 3.63) is 47.3 Å². The largest absolute Gasteiger partial charge is 0.478 e. The number of halogens is 1. The van der Waals surface area contributed by atoms with E-state index in [2.05, 4.69) is 0 Å². The molecule has 0 unspecified atom stereocenters. The maximum Gasteiger partial charge on any atom is 0.333 e. The molecule has 1 aliphatic rings. The second-order valence-corrected chi connectivity index (χ2v) is 4.06. The van der Waals surface area contributed by atoms with Crippen molar-refractivity contribution in [3.63, 3.8) is 0 Å². The third-order valence-electron chi connectivity index (χ3n) is 2.80. The van der Waals surface area contributed by atoms with E-state index in [9.17, 15) is 14.0 Å². The van der Waals surface area contributed by atoms with Crippen molar-refractivity contribution in [2.75, 3.05) is 13.1 Å². The van der Waals surface area contributed by atoms with E-state index in [-0.39, 0.29) is 18.0 Å². The third kappa shape index (κ3) is 2.56. The lowest BCUT2D eigenvalue weighted by molar-refractivity contribution is -0.132. The molecule has 0 aromatic heterocycles. The van der Waals surface area contributed by atoms with Crippen LogP contribution in [0.5, 0.6) is 0 Å². The number of benzene rings is 1. The van der Waals surface area contributed by atoms with Gasteiger partial charge in [-0.05, 0) is 30.7 Å². The van der Waals surface area contributed by atoms with Crippen molar-refractivity contribution in [1.29, 1.82) is 0 Å². The fourth-order valence-corrected chi connectivity index (χ4v) is 1.85. The van der Waals surface area contributed by atoms with Gasteiger partial charge in [-0.3, -0.25) is 4.79 Å². The molecule has 0 saturated carbocycles. The summed E-state index contributed by atoms with van der Waals surface area (Å²) in [6, 6.07) is 5.23. The molecule has 1 aliphatic heterocycles. The number of carbonyl (C=O) groups is 2. The Balaban J connectivity index is 2.13. The number of amides is 1. The van der Waals surface area contributed by atoms with Gasteiger partial charge in [-0.25, -0.2) is 9.18 Å². The molecule has 0 radical (unpaired) electrons. The molecule has 5 heteroatoms. The van der Waals surface area contributed by atoms with Crippen molar-refractivity contribution in [2.45, 2.75) is 6.42 Å². The maximum absolute atomic E-state index is 12.7. The summed E-state index contributed by atoms with van der Waals surface area (Å²) in [7, 11) is 0. The molecule has 2 rings (SSSR count). The van der Waals surface area contributed by atoms with E-state index < -0.39 is 11.8 Å². The second kappa shape index (κ2) is 5.00. The number of carboxylic acids is 1. The van der Waals surface area contributed by atoms with Gasteiger partial charge in [-0.1, -0.05) is 6.08 Å². The van der Waals surface area contributed by atoms with E-state index in [1.165, 1.54) is 29.2 Å². The van der Waals surface area contributed by atoms with E-state index in [4.69, 9.17) is 5.11 Å². The van der Waals surface area contributed by atoms with Gasteiger partial charge in [0.15, 0.2) is 0 Å². The number of hydrogen-bond donors (Lipinski definition) is 1.